The van der Waals surface area contributed by atoms with Crippen LogP contribution in [-0.2, 0) is 6.18 Å². The highest BCUT2D eigenvalue weighted by Gasteiger charge is 2.55. The van der Waals surface area contributed by atoms with Gasteiger partial charge in [0.2, 0.25) is 0 Å². The molecule has 2 nitrogen and oxygen atoms in total. The van der Waals surface area contributed by atoms with Crippen LogP contribution in [0.15, 0.2) is 41.6 Å². The molecule has 0 aliphatic carbocycles. The van der Waals surface area contributed by atoms with Gasteiger partial charge in [-0.1, -0.05) is 11.6 Å². The van der Waals surface area contributed by atoms with Gasteiger partial charge in [0.1, 0.15) is 5.71 Å². The molecule has 4 rings (SSSR count). The quantitative estimate of drug-likeness (QED) is 0.379. The van der Waals surface area contributed by atoms with Crippen molar-refractivity contribution in [3.8, 4) is 0 Å². The van der Waals surface area contributed by atoms with Crippen molar-refractivity contribution in [3.05, 3.63) is 74.7 Å². The van der Waals surface area contributed by atoms with Crippen LogP contribution in [0.25, 0.3) is 5.57 Å². The minimum absolute atomic E-state index is 0.0697. The second-order valence-corrected chi connectivity index (χ2v) is 7.94. The van der Waals surface area contributed by atoms with Crippen molar-refractivity contribution in [3.63, 3.8) is 0 Å². The number of fused-ring (bicyclic) bond motifs is 2. The Balaban J connectivity index is 2.17. The molecule has 2 aliphatic rings. The highest BCUT2D eigenvalue weighted by Crippen LogP contribution is 2.46. The van der Waals surface area contributed by atoms with E-state index in [0.29, 0.717) is 22.5 Å². The largest absolute Gasteiger partial charge is 0.737 e. The number of rotatable bonds is 1. The Morgan fingerprint density at radius 1 is 1.03 bits per heavy atom. The van der Waals surface area contributed by atoms with E-state index in [0.717, 1.165) is 27.2 Å². The molecule has 0 radical (unpaired) electrons. The van der Waals surface area contributed by atoms with Gasteiger partial charge in [0.25, 0.3) is 0 Å². The SMILES string of the molecule is CC1=CC(C)=[N+]2C1=C(c1cc(C(F)(F)F)ccc1Cl)c1c(C)cc(C)n1[B-]2(F)F. The number of hydrogen-bond acceptors (Lipinski definition) is 0. The topological polar surface area (TPSA) is 7.94 Å². The van der Waals surface area contributed by atoms with Crippen LogP contribution in [-0.4, -0.2) is 21.6 Å². The van der Waals surface area contributed by atoms with Crippen molar-refractivity contribution in [2.24, 2.45) is 0 Å². The van der Waals surface area contributed by atoms with Gasteiger partial charge in [-0.2, -0.15) is 13.2 Å². The van der Waals surface area contributed by atoms with E-state index in [9.17, 15) is 13.2 Å². The summed E-state index contributed by atoms with van der Waals surface area (Å²) in [4.78, 5) is 0. The molecular formula is C20H17BClF5N2. The maximum atomic E-state index is 15.6. The monoisotopic (exact) mass is 426 g/mol. The maximum absolute atomic E-state index is 15.6. The van der Waals surface area contributed by atoms with Crippen LogP contribution in [0.3, 0.4) is 0 Å². The number of hydrogen-bond donors (Lipinski definition) is 0. The maximum Gasteiger partial charge on any atom is 0.737 e. The van der Waals surface area contributed by atoms with Gasteiger partial charge in [-0.3, -0.25) is 0 Å². The van der Waals surface area contributed by atoms with Crippen LogP contribution in [0.4, 0.5) is 21.8 Å². The lowest BCUT2D eigenvalue weighted by atomic mass is 9.83. The lowest BCUT2D eigenvalue weighted by Crippen LogP contribution is -2.51. The van der Waals surface area contributed by atoms with Crippen LogP contribution in [0.2, 0.25) is 5.02 Å². The molecule has 0 spiro atoms. The Bertz CT molecular complexity index is 1170. The van der Waals surface area contributed by atoms with Gasteiger partial charge in [-0.25, -0.2) is 0 Å². The first kappa shape index (κ1) is 19.9. The molecule has 29 heavy (non-hydrogen) atoms. The van der Waals surface area contributed by atoms with Crippen molar-refractivity contribution in [2.75, 3.05) is 0 Å². The number of nitrogens with zero attached hydrogens (tertiary/aromatic N) is 2. The van der Waals surface area contributed by atoms with E-state index in [-0.39, 0.29) is 27.6 Å². The number of aryl methyl sites for hydroxylation is 2. The van der Waals surface area contributed by atoms with Crippen LogP contribution in [0.5, 0.6) is 0 Å². The second-order valence-electron chi connectivity index (χ2n) is 7.53. The van der Waals surface area contributed by atoms with E-state index in [1.54, 1.807) is 39.8 Å². The molecule has 1 aromatic heterocycles. The minimum Gasteiger partial charge on any atom is -0.393 e. The fourth-order valence-electron chi connectivity index (χ4n) is 4.45. The summed E-state index contributed by atoms with van der Waals surface area (Å²) in [5.74, 6) is 0. The lowest BCUT2D eigenvalue weighted by molar-refractivity contribution is -0.363. The van der Waals surface area contributed by atoms with E-state index in [4.69, 9.17) is 11.6 Å². The van der Waals surface area contributed by atoms with E-state index in [1.165, 1.54) is 0 Å². The zero-order chi connectivity index (χ0) is 21.5. The van der Waals surface area contributed by atoms with E-state index in [2.05, 4.69) is 0 Å². The smallest absolute Gasteiger partial charge is 0.393 e. The summed E-state index contributed by atoms with van der Waals surface area (Å²) in [5.41, 5.74) is 1.65. The van der Waals surface area contributed by atoms with Crippen molar-refractivity contribution in [2.45, 2.75) is 33.9 Å². The summed E-state index contributed by atoms with van der Waals surface area (Å²) in [5, 5.41) is 0.0697. The third-order valence-corrected chi connectivity index (χ3v) is 5.83. The van der Waals surface area contributed by atoms with E-state index in [1.807, 2.05) is 0 Å². The fourth-order valence-corrected chi connectivity index (χ4v) is 4.66. The number of allylic oxidation sites excluding steroid dienone is 2. The molecule has 0 saturated carbocycles. The van der Waals surface area contributed by atoms with Gasteiger partial charge < -0.3 is 17.6 Å². The molecular weight excluding hydrogens is 409 g/mol. The Morgan fingerprint density at radius 2 is 1.69 bits per heavy atom. The molecule has 152 valence electrons. The van der Waals surface area contributed by atoms with Crippen LogP contribution < -0.4 is 0 Å². The average molecular weight is 427 g/mol. The minimum atomic E-state index is -4.58. The third kappa shape index (κ3) is 2.72. The van der Waals surface area contributed by atoms with E-state index >= 15 is 8.63 Å². The fraction of sp³-hybridized carbons (Fsp3) is 0.250. The Hall–Kier alpha value is -2.35. The number of benzene rings is 1. The highest BCUT2D eigenvalue weighted by molar-refractivity contribution is 6.58. The molecule has 3 heterocycles. The Labute approximate surface area is 169 Å². The summed E-state index contributed by atoms with van der Waals surface area (Å²) in [6.07, 6.45) is -2.97. The first-order chi connectivity index (χ1) is 13.4. The third-order valence-electron chi connectivity index (χ3n) is 5.50. The highest BCUT2D eigenvalue weighted by atomic mass is 35.5. The molecule has 0 fully saturated rings. The van der Waals surface area contributed by atoms with Gasteiger partial charge in [0.05, 0.1) is 11.1 Å². The number of aromatic nitrogens is 1. The standard InChI is InChI=1S/C20H17BClF5N2/c1-10-7-12(3)28-18(10)17(15-9-14(20(23,24)25)5-6-16(15)22)19-11(2)8-13(4)29(19)21(28,26)27/h5-9H,1-4H3. The number of halogens is 6. The van der Waals surface area contributed by atoms with Crippen molar-refractivity contribution in [1.29, 1.82) is 0 Å². The van der Waals surface area contributed by atoms with Gasteiger partial charge >= 0.3 is 13.1 Å². The van der Waals surface area contributed by atoms with Crippen LogP contribution in [0, 0.1) is 13.8 Å². The van der Waals surface area contributed by atoms with Gasteiger partial charge in [-0.15, -0.1) is 0 Å². The molecule has 2 aromatic rings. The molecule has 0 amide bonds. The van der Waals surface area contributed by atoms with Gasteiger partial charge in [0.15, 0.2) is 5.70 Å². The van der Waals surface area contributed by atoms with Gasteiger partial charge in [0, 0.05) is 34.9 Å². The Kier molecular flexibility index (Phi) is 4.18. The number of alkyl halides is 3. The molecule has 0 atom stereocenters. The molecule has 2 aliphatic heterocycles. The zero-order valence-electron chi connectivity index (χ0n) is 16.1. The lowest BCUT2D eigenvalue weighted by Gasteiger charge is -2.34. The van der Waals surface area contributed by atoms with Crippen LogP contribution in [0.1, 0.15) is 41.9 Å². The predicted molar refractivity (Wildman–Crippen MR) is 104 cm³/mol. The summed E-state index contributed by atoms with van der Waals surface area (Å²) < 4.78 is 73.1. The second kappa shape index (κ2) is 6.08. The normalized spacial score (nSPS) is 18.2. The van der Waals surface area contributed by atoms with Crippen molar-refractivity contribution >= 4 is 29.9 Å². The Morgan fingerprint density at radius 3 is 2.31 bits per heavy atom. The molecule has 0 unspecified atom stereocenters. The molecule has 0 N–H and O–H groups in total. The molecule has 0 saturated heterocycles. The van der Waals surface area contributed by atoms with Crippen LogP contribution >= 0.6 is 11.6 Å². The van der Waals surface area contributed by atoms with Crippen molar-refractivity contribution in [1.82, 2.24) is 4.48 Å². The summed E-state index contributed by atoms with van der Waals surface area (Å²) >= 11 is 6.31. The summed E-state index contributed by atoms with van der Waals surface area (Å²) in [7, 11) is 0. The molecule has 9 heteroatoms. The summed E-state index contributed by atoms with van der Waals surface area (Å²) in [6, 6.07) is 4.60. The zero-order valence-corrected chi connectivity index (χ0v) is 16.9. The molecule has 0 bridgehead atoms. The first-order valence-corrected chi connectivity index (χ1v) is 9.37. The van der Waals surface area contributed by atoms with Gasteiger partial charge in [-0.05, 0) is 56.3 Å². The average Bonchev–Trinajstić information content (AvgIpc) is 3.05. The molecule has 1 aromatic carbocycles. The first-order valence-electron chi connectivity index (χ1n) is 9.00. The van der Waals surface area contributed by atoms with E-state index < -0.39 is 18.7 Å². The van der Waals surface area contributed by atoms with Crippen molar-refractivity contribution < 1.29 is 26.3 Å². The predicted octanol–water partition coefficient (Wildman–Crippen LogP) is 6.21. The summed E-state index contributed by atoms with van der Waals surface area (Å²) in [6.45, 7) is 2.27.